The van der Waals surface area contributed by atoms with E-state index in [1.165, 1.54) is 4.88 Å². The van der Waals surface area contributed by atoms with E-state index in [9.17, 15) is 0 Å². The molecule has 0 unspecified atom stereocenters. The molecule has 0 aliphatic carbocycles. The first-order chi connectivity index (χ1) is 8.26. The highest BCUT2D eigenvalue weighted by atomic mass is 32.1. The molecule has 0 saturated heterocycles. The minimum absolute atomic E-state index is 0.634. The second kappa shape index (κ2) is 5.29. The smallest absolute Gasteiger partial charge is 0.122 e. The van der Waals surface area contributed by atoms with E-state index in [2.05, 4.69) is 23.2 Å². The second-order valence-electron chi connectivity index (χ2n) is 3.83. The topological polar surface area (TPSA) is 48.1 Å². The van der Waals surface area contributed by atoms with E-state index in [4.69, 9.17) is 10.5 Å². The van der Waals surface area contributed by atoms with Crippen molar-refractivity contribution >= 4 is 11.3 Å². The molecule has 1 aromatic carbocycles. The van der Waals surface area contributed by atoms with Crippen molar-refractivity contribution in [1.29, 1.82) is 0 Å². The van der Waals surface area contributed by atoms with Crippen LogP contribution < -0.4 is 10.5 Å². The number of ether oxygens (including phenoxy) is 1. The monoisotopic (exact) mass is 248 g/mol. The minimum Gasteiger partial charge on any atom is -0.496 e. The van der Waals surface area contributed by atoms with Crippen molar-refractivity contribution in [2.45, 2.75) is 13.3 Å². The molecule has 0 bridgehead atoms. The Bertz CT molecular complexity index is 508. The van der Waals surface area contributed by atoms with Gasteiger partial charge in [-0.2, -0.15) is 0 Å². The molecule has 0 fully saturated rings. The van der Waals surface area contributed by atoms with Gasteiger partial charge >= 0.3 is 0 Å². The molecule has 0 atom stereocenters. The van der Waals surface area contributed by atoms with Gasteiger partial charge in [-0.25, -0.2) is 4.98 Å². The number of methoxy groups -OCH3 is 1. The number of hydrogen-bond donors (Lipinski definition) is 1. The fraction of sp³-hybridized carbons (Fsp3) is 0.308. The van der Waals surface area contributed by atoms with Gasteiger partial charge in [-0.15, -0.1) is 11.3 Å². The second-order valence-corrected chi connectivity index (χ2v) is 4.69. The minimum atomic E-state index is 0.634. The van der Waals surface area contributed by atoms with Gasteiger partial charge < -0.3 is 10.5 Å². The van der Waals surface area contributed by atoms with Gasteiger partial charge in [-0.3, -0.25) is 0 Å². The summed E-state index contributed by atoms with van der Waals surface area (Å²) in [4.78, 5) is 5.46. The van der Waals surface area contributed by atoms with Crippen molar-refractivity contribution in [2.24, 2.45) is 5.73 Å². The van der Waals surface area contributed by atoms with Crippen LogP contribution in [0.1, 0.15) is 11.3 Å². The number of nitrogens with two attached hydrogens (primary N) is 1. The summed E-state index contributed by atoms with van der Waals surface area (Å²) in [5.74, 6) is 0.903. The van der Waals surface area contributed by atoms with Gasteiger partial charge in [-0.1, -0.05) is 12.1 Å². The molecule has 2 N–H and O–H groups in total. The summed E-state index contributed by atoms with van der Waals surface area (Å²) in [6.07, 6.45) is 0.838. The molecule has 2 rings (SSSR count). The van der Waals surface area contributed by atoms with Crippen molar-refractivity contribution in [3.63, 3.8) is 0 Å². The molecular formula is C13H16N2OS. The predicted octanol–water partition coefficient (Wildman–Crippen LogP) is 2.63. The Hall–Kier alpha value is -1.39. The molecule has 1 heterocycles. The Morgan fingerprint density at radius 2 is 2.24 bits per heavy atom. The SMILES string of the molecule is COc1cc(-c2scnc2C)ccc1CCN. The van der Waals surface area contributed by atoms with Gasteiger partial charge in [-0.05, 0) is 37.1 Å². The van der Waals surface area contributed by atoms with E-state index in [0.29, 0.717) is 6.54 Å². The van der Waals surface area contributed by atoms with Crippen LogP contribution in [0.4, 0.5) is 0 Å². The molecule has 1 aromatic heterocycles. The Balaban J connectivity index is 2.41. The highest BCUT2D eigenvalue weighted by Crippen LogP contribution is 2.31. The molecule has 17 heavy (non-hydrogen) atoms. The molecule has 0 aliphatic rings. The van der Waals surface area contributed by atoms with Gasteiger partial charge in [0.15, 0.2) is 0 Å². The van der Waals surface area contributed by atoms with E-state index in [0.717, 1.165) is 29.0 Å². The number of nitrogens with zero attached hydrogens (tertiary/aromatic N) is 1. The van der Waals surface area contributed by atoms with Crippen LogP contribution in [-0.4, -0.2) is 18.6 Å². The van der Waals surface area contributed by atoms with Crippen LogP contribution in [-0.2, 0) is 6.42 Å². The van der Waals surface area contributed by atoms with E-state index in [1.54, 1.807) is 18.4 Å². The number of aryl methyl sites for hydroxylation is 1. The van der Waals surface area contributed by atoms with Crippen LogP contribution in [0.3, 0.4) is 0 Å². The Morgan fingerprint density at radius 1 is 1.41 bits per heavy atom. The molecule has 0 radical (unpaired) electrons. The maximum absolute atomic E-state index is 5.58. The average Bonchev–Trinajstić information content (AvgIpc) is 2.76. The summed E-state index contributed by atoms with van der Waals surface area (Å²) >= 11 is 1.65. The van der Waals surface area contributed by atoms with Crippen molar-refractivity contribution in [3.05, 3.63) is 35.0 Å². The molecular weight excluding hydrogens is 232 g/mol. The lowest BCUT2D eigenvalue weighted by Gasteiger charge is -2.09. The first-order valence-corrected chi connectivity index (χ1v) is 6.41. The molecule has 2 aromatic rings. The summed E-state index contributed by atoms with van der Waals surface area (Å²) in [6, 6.07) is 6.25. The number of benzene rings is 1. The average molecular weight is 248 g/mol. The zero-order valence-electron chi connectivity index (χ0n) is 10.1. The van der Waals surface area contributed by atoms with Crippen LogP contribution >= 0.6 is 11.3 Å². The van der Waals surface area contributed by atoms with Crippen LogP contribution in [0.2, 0.25) is 0 Å². The van der Waals surface area contributed by atoms with Crippen LogP contribution in [0, 0.1) is 6.92 Å². The zero-order valence-corrected chi connectivity index (χ0v) is 10.9. The van der Waals surface area contributed by atoms with Crippen molar-refractivity contribution in [1.82, 2.24) is 4.98 Å². The fourth-order valence-corrected chi connectivity index (χ4v) is 2.63. The van der Waals surface area contributed by atoms with Crippen molar-refractivity contribution in [3.8, 4) is 16.2 Å². The third kappa shape index (κ3) is 2.48. The first kappa shape index (κ1) is 12.1. The molecule has 0 aliphatic heterocycles. The summed E-state index contributed by atoms with van der Waals surface area (Å²) in [5.41, 5.74) is 10.8. The molecule has 0 amide bonds. The van der Waals surface area contributed by atoms with E-state index in [1.807, 2.05) is 12.4 Å². The molecule has 0 saturated carbocycles. The Labute approximate surface area is 105 Å². The van der Waals surface area contributed by atoms with E-state index >= 15 is 0 Å². The fourth-order valence-electron chi connectivity index (χ4n) is 1.83. The lowest BCUT2D eigenvalue weighted by Crippen LogP contribution is -2.04. The maximum atomic E-state index is 5.58. The summed E-state index contributed by atoms with van der Waals surface area (Å²) < 4.78 is 5.41. The predicted molar refractivity (Wildman–Crippen MR) is 71.6 cm³/mol. The zero-order chi connectivity index (χ0) is 12.3. The van der Waals surface area contributed by atoms with Gasteiger partial charge in [0, 0.05) is 0 Å². The molecule has 4 heteroatoms. The van der Waals surface area contributed by atoms with E-state index in [-0.39, 0.29) is 0 Å². The van der Waals surface area contributed by atoms with Crippen molar-refractivity contribution < 1.29 is 4.74 Å². The van der Waals surface area contributed by atoms with Crippen LogP contribution in [0.5, 0.6) is 5.75 Å². The standard InChI is InChI=1S/C13H16N2OS/c1-9-13(17-8-15-9)11-4-3-10(5-6-14)12(7-11)16-2/h3-4,7-8H,5-6,14H2,1-2H3. The van der Waals surface area contributed by atoms with E-state index < -0.39 is 0 Å². The molecule has 90 valence electrons. The van der Waals surface area contributed by atoms with Crippen molar-refractivity contribution in [2.75, 3.05) is 13.7 Å². The Morgan fingerprint density at radius 3 is 2.82 bits per heavy atom. The van der Waals surface area contributed by atoms with Crippen LogP contribution in [0.15, 0.2) is 23.7 Å². The summed E-state index contributed by atoms with van der Waals surface area (Å²) in [7, 11) is 1.69. The van der Waals surface area contributed by atoms with Gasteiger partial charge in [0.25, 0.3) is 0 Å². The van der Waals surface area contributed by atoms with Crippen LogP contribution in [0.25, 0.3) is 10.4 Å². The quantitative estimate of drug-likeness (QED) is 0.904. The summed E-state index contributed by atoms with van der Waals surface area (Å²) in [5, 5.41) is 0. The highest BCUT2D eigenvalue weighted by molar-refractivity contribution is 7.13. The lowest BCUT2D eigenvalue weighted by molar-refractivity contribution is 0.410. The van der Waals surface area contributed by atoms with Gasteiger partial charge in [0.05, 0.1) is 23.2 Å². The highest BCUT2D eigenvalue weighted by Gasteiger charge is 2.08. The molecule has 0 spiro atoms. The number of aromatic nitrogens is 1. The first-order valence-electron chi connectivity index (χ1n) is 5.53. The maximum Gasteiger partial charge on any atom is 0.122 e. The largest absolute Gasteiger partial charge is 0.496 e. The third-order valence-electron chi connectivity index (χ3n) is 2.71. The normalized spacial score (nSPS) is 10.5. The number of rotatable bonds is 4. The summed E-state index contributed by atoms with van der Waals surface area (Å²) in [6.45, 7) is 2.65. The number of thiazole rings is 1. The molecule has 3 nitrogen and oxygen atoms in total. The third-order valence-corrected chi connectivity index (χ3v) is 3.69. The van der Waals surface area contributed by atoms with Gasteiger partial charge in [0.2, 0.25) is 0 Å². The van der Waals surface area contributed by atoms with Gasteiger partial charge in [0.1, 0.15) is 5.75 Å². The lowest BCUT2D eigenvalue weighted by atomic mass is 10.1. The Kier molecular flexibility index (Phi) is 3.76. The number of hydrogen-bond acceptors (Lipinski definition) is 4.